The molecular formula is C10H12O. The fourth-order valence-corrected chi connectivity index (χ4v) is 2.01. The third kappa shape index (κ3) is 0.953. The molecule has 1 fully saturated rings. The Hall–Kier alpha value is -0.850. The Kier molecular flexibility index (Phi) is 1.28. The lowest BCUT2D eigenvalue weighted by molar-refractivity contribution is -0.115. The van der Waals surface area contributed by atoms with Crippen LogP contribution in [0.3, 0.4) is 0 Å². The van der Waals surface area contributed by atoms with E-state index in [0.29, 0.717) is 17.6 Å². The van der Waals surface area contributed by atoms with Gasteiger partial charge in [-0.25, -0.2) is 0 Å². The molecule has 2 atom stereocenters. The van der Waals surface area contributed by atoms with Crippen LogP contribution in [0.4, 0.5) is 0 Å². The summed E-state index contributed by atoms with van der Waals surface area (Å²) < 4.78 is 0. The molecule has 0 N–H and O–H groups in total. The molecular weight excluding hydrogens is 136 g/mol. The standard InChI is InChI=1S/C10H12O/c1-6(2)10-8-4-3-7(11)5-9(8)10/h3-4,8-9H,5H2,1-2H3/t8-,9-/m0/s1. The zero-order valence-electron chi connectivity index (χ0n) is 6.92. The Morgan fingerprint density at radius 3 is 2.82 bits per heavy atom. The monoisotopic (exact) mass is 148 g/mol. The molecule has 0 radical (unpaired) electrons. The number of carbonyl (C=O) groups excluding carboxylic acids is 1. The van der Waals surface area contributed by atoms with Gasteiger partial charge in [0.15, 0.2) is 5.78 Å². The summed E-state index contributed by atoms with van der Waals surface area (Å²) in [5, 5.41) is 0. The van der Waals surface area contributed by atoms with Gasteiger partial charge in [0.2, 0.25) is 0 Å². The van der Waals surface area contributed by atoms with E-state index in [2.05, 4.69) is 19.9 Å². The molecule has 1 heteroatoms. The lowest BCUT2D eigenvalue weighted by Crippen LogP contribution is -1.99. The molecule has 0 amide bonds. The number of hydrogen-bond donors (Lipinski definition) is 0. The summed E-state index contributed by atoms with van der Waals surface area (Å²) in [5.41, 5.74) is 2.91. The summed E-state index contributed by atoms with van der Waals surface area (Å²) >= 11 is 0. The number of carbonyl (C=O) groups is 1. The van der Waals surface area contributed by atoms with E-state index in [0.717, 1.165) is 6.42 Å². The average molecular weight is 148 g/mol. The van der Waals surface area contributed by atoms with Crippen LogP contribution in [0.5, 0.6) is 0 Å². The summed E-state index contributed by atoms with van der Waals surface area (Å²) in [4.78, 5) is 11.0. The van der Waals surface area contributed by atoms with Crippen molar-refractivity contribution in [1.29, 1.82) is 0 Å². The quantitative estimate of drug-likeness (QED) is 0.481. The largest absolute Gasteiger partial charge is 0.295 e. The van der Waals surface area contributed by atoms with Gasteiger partial charge in [-0.3, -0.25) is 4.79 Å². The summed E-state index contributed by atoms with van der Waals surface area (Å²) in [6.07, 6.45) is 4.54. The Morgan fingerprint density at radius 1 is 1.55 bits per heavy atom. The molecule has 2 aliphatic carbocycles. The second-order valence-corrected chi connectivity index (χ2v) is 3.62. The second kappa shape index (κ2) is 2.07. The first kappa shape index (κ1) is 6.84. The van der Waals surface area contributed by atoms with Crippen LogP contribution in [0, 0.1) is 11.8 Å². The Balaban J connectivity index is 2.26. The maximum absolute atomic E-state index is 11.0. The molecule has 0 spiro atoms. The van der Waals surface area contributed by atoms with Crippen molar-refractivity contribution in [2.24, 2.45) is 11.8 Å². The molecule has 0 aromatic carbocycles. The van der Waals surface area contributed by atoms with Crippen LogP contribution in [0.25, 0.3) is 0 Å². The van der Waals surface area contributed by atoms with Gasteiger partial charge in [0.1, 0.15) is 0 Å². The zero-order chi connectivity index (χ0) is 8.01. The van der Waals surface area contributed by atoms with E-state index in [4.69, 9.17) is 0 Å². The number of allylic oxidation sites excluding steroid dienone is 4. The normalized spacial score (nSPS) is 33.6. The zero-order valence-corrected chi connectivity index (χ0v) is 6.92. The second-order valence-electron chi connectivity index (χ2n) is 3.62. The van der Waals surface area contributed by atoms with Gasteiger partial charge in [-0.05, 0) is 25.8 Å². The number of hydrogen-bond acceptors (Lipinski definition) is 1. The van der Waals surface area contributed by atoms with Crippen LogP contribution in [0.1, 0.15) is 20.3 Å². The summed E-state index contributed by atoms with van der Waals surface area (Å²) in [6.45, 7) is 4.26. The van der Waals surface area contributed by atoms with Crippen molar-refractivity contribution < 1.29 is 4.79 Å². The Bertz CT molecular complexity index is 267. The summed E-state index contributed by atoms with van der Waals surface area (Å²) in [7, 11) is 0. The molecule has 2 aliphatic rings. The summed E-state index contributed by atoms with van der Waals surface area (Å²) in [5.74, 6) is 1.50. The molecule has 58 valence electrons. The van der Waals surface area contributed by atoms with Gasteiger partial charge < -0.3 is 0 Å². The van der Waals surface area contributed by atoms with Crippen molar-refractivity contribution in [3.63, 3.8) is 0 Å². The minimum atomic E-state index is 0.294. The third-order valence-corrected chi connectivity index (χ3v) is 2.57. The van der Waals surface area contributed by atoms with Gasteiger partial charge in [-0.2, -0.15) is 0 Å². The average Bonchev–Trinajstić information content (AvgIpc) is 2.60. The molecule has 11 heavy (non-hydrogen) atoms. The van der Waals surface area contributed by atoms with Crippen LogP contribution in [0.2, 0.25) is 0 Å². The Morgan fingerprint density at radius 2 is 2.27 bits per heavy atom. The molecule has 1 saturated carbocycles. The van der Waals surface area contributed by atoms with Gasteiger partial charge in [0, 0.05) is 12.3 Å². The van der Waals surface area contributed by atoms with E-state index in [1.807, 2.05) is 0 Å². The van der Waals surface area contributed by atoms with Gasteiger partial charge in [-0.15, -0.1) is 0 Å². The Labute approximate surface area is 66.8 Å². The van der Waals surface area contributed by atoms with Gasteiger partial charge in [0.25, 0.3) is 0 Å². The fourth-order valence-electron chi connectivity index (χ4n) is 2.01. The van der Waals surface area contributed by atoms with E-state index in [1.54, 1.807) is 6.08 Å². The molecule has 0 aromatic rings. The minimum absolute atomic E-state index is 0.294. The number of rotatable bonds is 0. The van der Waals surface area contributed by atoms with Gasteiger partial charge in [-0.1, -0.05) is 17.2 Å². The number of fused-ring (bicyclic) bond motifs is 1. The first-order valence-electron chi connectivity index (χ1n) is 4.08. The first-order valence-corrected chi connectivity index (χ1v) is 4.08. The highest BCUT2D eigenvalue weighted by molar-refractivity contribution is 5.92. The fraction of sp³-hybridized carbons (Fsp3) is 0.500. The first-order chi connectivity index (χ1) is 5.20. The van der Waals surface area contributed by atoms with Crippen molar-refractivity contribution in [1.82, 2.24) is 0 Å². The van der Waals surface area contributed by atoms with Crippen LogP contribution in [0.15, 0.2) is 23.3 Å². The van der Waals surface area contributed by atoms with Gasteiger partial charge >= 0.3 is 0 Å². The van der Waals surface area contributed by atoms with Gasteiger partial charge in [0.05, 0.1) is 0 Å². The van der Waals surface area contributed by atoms with Crippen molar-refractivity contribution in [2.75, 3.05) is 0 Å². The van der Waals surface area contributed by atoms with Crippen LogP contribution in [-0.2, 0) is 4.79 Å². The van der Waals surface area contributed by atoms with Crippen LogP contribution >= 0.6 is 0 Å². The topological polar surface area (TPSA) is 17.1 Å². The predicted molar refractivity (Wildman–Crippen MR) is 44.1 cm³/mol. The summed E-state index contributed by atoms with van der Waals surface area (Å²) in [6, 6.07) is 0. The molecule has 0 aromatic heterocycles. The smallest absolute Gasteiger partial charge is 0.156 e. The van der Waals surface area contributed by atoms with E-state index < -0.39 is 0 Å². The van der Waals surface area contributed by atoms with Crippen molar-refractivity contribution in [2.45, 2.75) is 20.3 Å². The maximum atomic E-state index is 11.0. The van der Waals surface area contributed by atoms with E-state index in [-0.39, 0.29) is 0 Å². The molecule has 0 saturated heterocycles. The molecule has 0 unspecified atom stereocenters. The minimum Gasteiger partial charge on any atom is -0.295 e. The molecule has 2 rings (SSSR count). The van der Waals surface area contributed by atoms with Crippen LogP contribution in [-0.4, -0.2) is 5.78 Å². The third-order valence-electron chi connectivity index (χ3n) is 2.57. The number of ketones is 1. The highest BCUT2D eigenvalue weighted by atomic mass is 16.1. The lowest BCUT2D eigenvalue weighted by Gasteiger charge is -1.95. The maximum Gasteiger partial charge on any atom is 0.156 e. The van der Waals surface area contributed by atoms with E-state index in [9.17, 15) is 4.79 Å². The van der Waals surface area contributed by atoms with Crippen molar-refractivity contribution >= 4 is 5.78 Å². The molecule has 1 nitrogen and oxygen atoms in total. The SMILES string of the molecule is CC(C)=C1[C@H]2C=CC(=O)C[C@H]12. The van der Waals surface area contributed by atoms with Crippen molar-refractivity contribution in [3.05, 3.63) is 23.3 Å². The lowest BCUT2D eigenvalue weighted by atomic mass is 10.1. The molecule has 0 heterocycles. The highest BCUT2D eigenvalue weighted by Gasteiger charge is 2.45. The highest BCUT2D eigenvalue weighted by Crippen LogP contribution is 2.52. The van der Waals surface area contributed by atoms with Crippen molar-refractivity contribution in [3.8, 4) is 0 Å². The van der Waals surface area contributed by atoms with E-state index >= 15 is 0 Å². The molecule has 0 bridgehead atoms. The van der Waals surface area contributed by atoms with E-state index in [1.165, 1.54) is 11.1 Å². The predicted octanol–water partition coefficient (Wildman–Crippen LogP) is 2.10. The van der Waals surface area contributed by atoms with Crippen LogP contribution < -0.4 is 0 Å². The molecule has 0 aliphatic heterocycles.